The number of halogens is 1. The molecule has 0 amide bonds. The highest BCUT2D eigenvalue weighted by Crippen LogP contribution is 2.25. The second-order valence-corrected chi connectivity index (χ2v) is 7.76. The first-order chi connectivity index (χ1) is 12.7. The molecule has 2 aromatic rings. The zero-order valence-corrected chi connectivity index (χ0v) is 16.0. The van der Waals surface area contributed by atoms with Crippen LogP contribution in [0.2, 0.25) is 5.02 Å². The summed E-state index contributed by atoms with van der Waals surface area (Å²) in [6.45, 7) is 2.19. The molecule has 0 aliphatic heterocycles. The lowest BCUT2D eigenvalue weighted by atomic mass is 10.1. The summed E-state index contributed by atoms with van der Waals surface area (Å²) in [6.07, 6.45) is 3.36. The van der Waals surface area contributed by atoms with Gasteiger partial charge in [0.05, 0.1) is 9.82 Å². The minimum Gasteiger partial charge on any atom is -0.289 e. The Labute approximate surface area is 161 Å². The highest BCUT2D eigenvalue weighted by molar-refractivity contribution is 7.89. The van der Waals surface area contributed by atoms with Crippen molar-refractivity contribution in [2.45, 2.75) is 18.2 Å². The predicted octanol–water partition coefficient (Wildman–Crippen LogP) is 3.83. The van der Waals surface area contributed by atoms with Gasteiger partial charge in [0.1, 0.15) is 5.02 Å². The average Bonchev–Trinajstić information content (AvgIpc) is 2.65. The van der Waals surface area contributed by atoms with Crippen molar-refractivity contribution in [3.63, 3.8) is 0 Å². The van der Waals surface area contributed by atoms with Crippen molar-refractivity contribution < 1.29 is 18.1 Å². The molecule has 0 aromatic heterocycles. The van der Waals surface area contributed by atoms with E-state index in [0.717, 1.165) is 0 Å². The number of nitro groups is 1. The van der Waals surface area contributed by atoms with Crippen LogP contribution >= 0.6 is 11.6 Å². The zero-order valence-electron chi connectivity index (χ0n) is 14.4. The van der Waals surface area contributed by atoms with Gasteiger partial charge in [-0.15, -0.1) is 0 Å². The maximum Gasteiger partial charge on any atom is 0.288 e. The van der Waals surface area contributed by atoms with Crippen LogP contribution in [0.4, 0.5) is 5.69 Å². The van der Waals surface area contributed by atoms with Crippen LogP contribution in [-0.4, -0.2) is 25.7 Å². The Morgan fingerprint density at radius 3 is 2.48 bits per heavy atom. The molecule has 0 atom stereocenters. The third-order valence-electron chi connectivity index (χ3n) is 3.59. The molecule has 0 unspecified atom stereocenters. The van der Waals surface area contributed by atoms with E-state index < -0.39 is 14.9 Å². The first kappa shape index (κ1) is 20.8. The molecule has 9 heteroatoms. The van der Waals surface area contributed by atoms with E-state index in [2.05, 4.69) is 4.72 Å². The van der Waals surface area contributed by atoms with Gasteiger partial charge >= 0.3 is 0 Å². The van der Waals surface area contributed by atoms with Crippen molar-refractivity contribution in [1.82, 2.24) is 4.72 Å². The normalized spacial score (nSPS) is 11.6. The van der Waals surface area contributed by atoms with Gasteiger partial charge in [-0.3, -0.25) is 14.9 Å². The molecule has 142 valence electrons. The molecule has 2 rings (SSSR count). The van der Waals surface area contributed by atoms with Crippen LogP contribution in [0.25, 0.3) is 6.08 Å². The smallest absolute Gasteiger partial charge is 0.288 e. The van der Waals surface area contributed by atoms with Crippen LogP contribution in [0.1, 0.15) is 29.3 Å². The van der Waals surface area contributed by atoms with E-state index in [1.54, 1.807) is 6.07 Å². The Morgan fingerprint density at radius 2 is 1.89 bits per heavy atom. The maximum atomic E-state index is 12.2. The molecule has 27 heavy (non-hydrogen) atoms. The van der Waals surface area contributed by atoms with Crippen LogP contribution in [0.15, 0.2) is 53.4 Å². The minimum absolute atomic E-state index is 0.0111. The quantitative estimate of drug-likeness (QED) is 0.309. The molecule has 1 N–H and O–H groups in total. The van der Waals surface area contributed by atoms with Crippen molar-refractivity contribution in [2.24, 2.45) is 0 Å². The van der Waals surface area contributed by atoms with Gasteiger partial charge in [-0.2, -0.15) is 0 Å². The fourth-order valence-corrected chi connectivity index (χ4v) is 3.48. The van der Waals surface area contributed by atoms with Crippen LogP contribution in [0.3, 0.4) is 0 Å². The molecule has 0 saturated carbocycles. The second-order valence-electron chi connectivity index (χ2n) is 5.59. The molecule has 0 fully saturated rings. The molecule has 0 bridgehead atoms. The third-order valence-corrected chi connectivity index (χ3v) is 5.38. The summed E-state index contributed by atoms with van der Waals surface area (Å²) in [4.78, 5) is 22.6. The maximum absolute atomic E-state index is 12.2. The fraction of sp³-hybridized carbons (Fsp3) is 0.167. The van der Waals surface area contributed by atoms with E-state index in [1.165, 1.54) is 48.6 Å². The van der Waals surface area contributed by atoms with E-state index in [0.29, 0.717) is 24.1 Å². The number of nitrogens with one attached hydrogen (secondary N) is 1. The Kier molecular flexibility index (Phi) is 6.84. The number of sulfonamides is 1. The summed E-state index contributed by atoms with van der Waals surface area (Å²) in [6, 6.07) is 9.73. The van der Waals surface area contributed by atoms with Gasteiger partial charge in [0.15, 0.2) is 5.78 Å². The Balaban J connectivity index is 2.16. The van der Waals surface area contributed by atoms with E-state index in [-0.39, 0.29) is 21.4 Å². The van der Waals surface area contributed by atoms with E-state index in [4.69, 9.17) is 11.6 Å². The minimum atomic E-state index is -3.59. The topological polar surface area (TPSA) is 106 Å². The Hall–Kier alpha value is -2.55. The monoisotopic (exact) mass is 408 g/mol. The number of carbonyl (C=O) groups excluding carboxylic acids is 1. The summed E-state index contributed by atoms with van der Waals surface area (Å²) in [5, 5.41) is 10.9. The van der Waals surface area contributed by atoms with Crippen molar-refractivity contribution in [3.8, 4) is 0 Å². The van der Waals surface area contributed by atoms with Gasteiger partial charge in [0, 0.05) is 18.2 Å². The number of allylic oxidation sites excluding steroid dienone is 1. The summed E-state index contributed by atoms with van der Waals surface area (Å²) < 4.78 is 26.5. The van der Waals surface area contributed by atoms with Gasteiger partial charge < -0.3 is 0 Å². The summed E-state index contributed by atoms with van der Waals surface area (Å²) in [7, 11) is -3.59. The highest BCUT2D eigenvalue weighted by atomic mass is 35.5. The molecule has 0 spiro atoms. The van der Waals surface area contributed by atoms with Gasteiger partial charge in [-0.1, -0.05) is 30.7 Å². The second kappa shape index (κ2) is 8.90. The molecule has 0 heterocycles. The number of hydrogen-bond acceptors (Lipinski definition) is 5. The van der Waals surface area contributed by atoms with Crippen LogP contribution in [0.5, 0.6) is 0 Å². The van der Waals surface area contributed by atoms with Crippen molar-refractivity contribution in [1.29, 1.82) is 0 Å². The first-order valence-corrected chi connectivity index (χ1v) is 9.87. The molecular formula is C18H17ClN2O5S. The summed E-state index contributed by atoms with van der Waals surface area (Å²) in [5.41, 5.74) is 0.493. The lowest BCUT2D eigenvalue weighted by Gasteiger charge is -2.05. The Morgan fingerprint density at radius 1 is 1.22 bits per heavy atom. The molecule has 0 saturated heterocycles. The standard InChI is InChI=1S/C18H17ClN2O5S/c1-2-11-20-27(25,26)15-7-5-14(6-8-15)18(22)10-4-13-3-9-16(19)17(12-13)21(23)24/h3-10,12,20H,2,11H2,1H3/b10-4+. The van der Waals surface area contributed by atoms with Crippen LogP contribution in [-0.2, 0) is 10.0 Å². The fourth-order valence-electron chi connectivity index (χ4n) is 2.16. The van der Waals surface area contributed by atoms with E-state index in [1.807, 2.05) is 6.92 Å². The number of nitrogens with zero attached hydrogens (tertiary/aromatic N) is 1. The molecule has 0 radical (unpaired) electrons. The van der Waals surface area contributed by atoms with Gasteiger partial charge in [0.2, 0.25) is 10.0 Å². The lowest BCUT2D eigenvalue weighted by molar-refractivity contribution is -0.384. The number of rotatable bonds is 8. The first-order valence-electron chi connectivity index (χ1n) is 8.00. The van der Waals surface area contributed by atoms with Crippen molar-refractivity contribution in [3.05, 3.63) is 74.8 Å². The summed E-state index contributed by atoms with van der Waals surface area (Å²) in [5.74, 6) is -0.363. The number of hydrogen-bond donors (Lipinski definition) is 1. The van der Waals surface area contributed by atoms with Crippen molar-refractivity contribution in [2.75, 3.05) is 6.54 Å². The molecule has 0 aliphatic rings. The van der Waals surface area contributed by atoms with E-state index >= 15 is 0 Å². The van der Waals surface area contributed by atoms with Crippen molar-refractivity contribution >= 4 is 39.2 Å². The summed E-state index contributed by atoms with van der Waals surface area (Å²) >= 11 is 5.75. The average molecular weight is 409 g/mol. The number of carbonyl (C=O) groups is 1. The molecule has 7 nitrogen and oxygen atoms in total. The predicted molar refractivity (Wildman–Crippen MR) is 103 cm³/mol. The zero-order chi connectivity index (χ0) is 20.0. The number of nitro benzene ring substituents is 1. The van der Waals surface area contributed by atoms with E-state index in [9.17, 15) is 23.3 Å². The van der Waals surface area contributed by atoms with Gasteiger partial charge in [-0.25, -0.2) is 13.1 Å². The molecular weight excluding hydrogens is 392 g/mol. The number of benzene rings is 2. The van der Waals surface area contributed by atoms with Gasteiger partial charge in [-0.05, 0) is 48.4 Å². The third kappa shape index (κ3) is 5.46. The molecule has 0 aliphatic carbocycles. The highest BCUT2D eigenvalue weighted by Gasteiger charge is 2.14. The molecule has 2 aromatic carbocycles. The SMILES string of the molecule is CCCNS(=O)(=O)c1ccc(C(=O)/C=C/c2ccc(Cl)c([N+](=O)[O-])c2)cc1. The van der Waals surface area contributed by atoms with Crippen LogP contribution < -0.4 is 4.72 Å². The Bertz CT molecular complexity index is 985. The largest absolute Gasteiger partial charge is 0.289 e. The lowest BCUT2D eigenvalue weighted by Crippen LogP contribution is -2.24. The number of ketones is 1. The van der Waals surface area contributed by atoms with Crippen LogP contribution in [0, 0.1) is 10.1 Å². The van der Waals surface area contributed by atoms with Gasteiger partial charge in [0.25, 0.3) is 5.69 Å².